The summed E-state index contributed by atoms with van der Waals surface area (Å²) in [5.41, 5.74) is -0.590. The summed E-state index contributed by atoms with van der Waals surface area (Å²) in [5.74, 6) is -0.739. The second kappa shape index (κ2) is 5.12. The van der Waals surface area contributed by atoms with Crippen molar-refractivity contribution < 1.29 is 15.0 Å². The molecule has 0 aromatic heterocycles. The van der Waals surface area contributed by atoms with E-state index in [9.17, 15) is 9.90 Å². The second-order valence-electron chi connectivity index (χ2n) is 4.57. The van der Waals surface area contributed by atoms with Crippen LogP contribution in [0.2, 0.25) is 0 Å². The first kappa shape index (κ1) is 12.7. The Kier molecular flexibility index (Phi) is 4.07. The molecule has 0 amide bonds. The van der Waals surface area contributed by atoms with E-state index in [-0.39, 0.29) is 12.3 Å². The lowest BCUT2D eigenvalue weighted by Crippen LogP contribution is -2.30. The predicted molar refractivity (Wildman–Crippen MR) is 62.0 cm³/mol. The van der Waals surface area contributed by atoms with Gasteiger partial charge in [-0.2, -0.15) is 0 Å². The molecule has 1 unspecified atom stereocenters. The summed E-state index contributed by atoms with van der Waals surface area (Å²) < 4.78 is 0. The normalized spacial score (nSPS) is 14.8. The Morgan fingerprint density at radius 1 is 1.31 bits per heavy atom. The fourth-order valence-electron chi connectivity index (χ4n) is 1.97. The summed E-state index contributed by atoms with van der Waals surface area (Å²) in [6.07, 6.45) is 0.193. The number of aliphatic carboxylic acids is 1. The number of hydrogen-bond donors (Lipinski definition) is 2. The van der Waals surface area contributed by atoms with E-state index in [1.165, 1.54) is 0 Å². The highest BCUT2D eigenvalue weighted by molar-refractivity contribution is 5.68. The van der Waals surface area contributed by atoms with Crippen LogP contribution >= 0.6 is 0 Å². The van der Waals surface area contributed by atoms with Gasteiger partial charge in [0.1, 0.15) is 5.60 Å². The average Bonchev–Trinajstić information content (AvgIpc) is 2.16. The zero-order valence-electron chi connectivity index (χ0n) is 9.68. The molecule has 1 atom stereocenters. The molecule has 2 N–H and O–H groups in total. The lowest BCUT2D eigenvalue weighted by molar-refractivity contribution is -0.143. The van der Waals surface area contributed by atoms with Gasteiger partial charge >= 0.3 is 5.97 Å². The summed E-state index contributed by atoms with van der Waals surface area (Å²) in [6.45, 7) is 3.94. The number of carboxylic acids is 1. The van der Waals surface area contributed by atoms with Crippen LogP contribution in [-0.4, -0.2) is 16.2 Å². The molecule has 1 aromatic carbocycles. The van der Waals surface area contributed by atoms with Crippen molar-refractivity contribution in [2.45, 2.75) is 32.3 Å². The predicted octanol–water partition coefficient (Wildman–Crippen LogP) is 2.40. The quantitative estimate of drug-likeness (QED) is 0.804. The number of hydrogen-bond acceptors (Lipinski definition) is 2. The van der Waals surface area contributed by atoms with Crippen molar-refractivity contribution in [3.8, 4) is 0 Å². The lowest BCUT2D eigenvalue weighted by Gasteiger charge is -2.28. The van der Waals surface area contributed by atoms with Gasteiger partial charge in [-0.25, -0.2) is 0 Å². The van der Waals surface area contributed by atoms with Gasteiger partial charge < -0.3 is 10.2 Å². The Bertz CT molecular complexity index is 345. The molecule has 0 radical (unpaired) electrons. The molecule has 1 rings (SSSR count). The molecule has 3 heteroatoms. The van der Waals surface area contributed by atoms with E-state index in [4.69, 9.17) is 5.11 Å². The third kappa shape index (κ3) is 3.35. The average molecular weight is 222 g/mol. The number of aliphatic hydroxyl groups is 1. The molecule has 0 saturated carbocycles. The van der Waals surface area contributed by atoms with Crippen LogP contribution in [0.25, 0.3) is 0 Å². The van der Waals surface area contributed by atoms with E-state index in [0.717, 1.165) is 0 Å². The molecule has 0 spiro atoms. The maximum atomic E-state index is 10.8. The number of carbonyl (C=O) groups is 1. The molecule has 1 aromatic rings. The van der Waals surface area contributed by atoms with Crippen molar-refractivity contribution in [1.29, 1.82) is 0 Å². The van der Waals surface area contributed by atoms with Crippen molar-refractivity contribution in [2.75, 3.05) is 0 Å². The van der Waals surface area contributed by atoms with E-state index in [1.807, 2.05) is 32.0 Å². The van der Waals surface area contributed by atoms with Crippen LogP contribution in [0.1, 0.15) is 32.3 Å². The summed E-state index contributed by atoms with van der Waals surface area (Å²) in [6, 6.07) is 9.00. The SMILES string of the molecule is CC(C)CC(O)(CC(=O)O)c1ccccc1. The highest BCUT2D eigenvalue weighted by Gasteiger charge is 2.32. The minimum Gasteiger partial charge on any atom is -0.481 e. The Hall–Kier alpha value is -1.35. The molecular formula is C13H18O3. The van der Waals surface area contributed by atoms with Gasteiger partial charge in [0.05, 0.1) is 6.42 Å². The molecule has 0 aliphatic rings. The van der Waals surface area contributed by atoms with Crippen LogP contribution in [0, 0.1) is 5.92 Å². The van der Waals surface area contributed by atoms with Crippen LogP contribution in [0.15, 0.2) is 30.3 Å². The molecule has 16 heavy (non-hydrogen) atoms. The van der Waals surface area contributed by atoms with Gasteiger partial charge in [-0.1, -0.05) is 44.2 Å². The van der Waals surface area contributed by atoms with Crippen molar-refractivity contribution in [3.63, 3.8) is 0 Å². The highest BCUT2D eigenvalue weighted by atomic mass is 16.4. The van der Waals surface area contributed by atoms with Gasteiger partial charge in [0.15, 0.2) is 0 Å². The molecule has 0 heterocycles. The van der Waals surface area contributed by atoms with E-state index in [2.05, 4.69) is 0 Å². The van der Waals surface area contributed by atoms with Crippen LogP contribution in [0.3, 0.4) is 0 Å². The second-order valence-corrected chi connectivity index (χ2v) is 4.57. The maximum Gasteiger partial charge on any atom is 0.306 e. The summed E-state index contributed by atoms with van der Waals surface area (Å²) in [7, 11) is 0. The standard InChI is InChI=1S/C13H18O3/c1-10(2)8-13(16,9-12(14)15)11-6-4-3-5-7-11/h3-7,10,16H,8-9H2,1-2H3,(H,14,15). The Morgan fingerprint density at radius 3 is 2.31 bits per heavy atom. The molecule has 0 bridgehead atoms. The van der Waals surface area contributed by atoms with E-state index in [0.29, 0.717) is 12.0 Å². The Labute approximate surface area is 95.7 Å². The van der Waals surface area contributed by atoms with Gasteiger partial charge in [-0.3, -0.25) is 4.79 Å². The minimum atomic E-state index is -1.26. The first-order valence-corrected chi connectivity index (χ1v) is 5.44. The van der Waals surface area contributed by atoms with E-state index in [1.54, 1.807) is 12.1 Å². The van der Waals surface area contributed by atoms with Crippen molar-refractivity contribution >= 4 is 5.97 Å². The fourth-order valence-corrected chi connectivity index (χ4v) is 1.97. The largest absolute Gasteiger partial charge is 0.481 e. The number of carboxylic acid groups (broad SMARTS) is 1. The highest BCUT2D eigenvalue weighted by Crippen LogP contribution is 2.31. The monoisotopic (exact) mass is 222 g/mol. The van der Waals surface area contributed by atoms with Gasteiger partial charge in [-0.05, 0) is 17.9 Å². The van der Waals surface area contributed by atoms with Gasteiger partial charge in [-0.15, -0.1) is 0 Å². The molecule has 0 aliphatic carbocycles. The smallest absolute Gasteiger partial charge is 0.306 e. The molecule has 0 saturated heterocycles. The third-order valence-electron chi connectivity index (χ3n) is 2.50. The number of rotatable bonds is 5. The van der Waals surface area contributed by atoms with Gasteiger partial charge in [0, 0.05) is 0 Å². The van der Waals surface area contributed by atoms with Crippen LogP contribution in [-0.2, 0) is 10.4 Å². The fraction of sp³-hybridized carbons (Fsp3) is 0.462. The molecule has 3 nitrogen and oxygen atoms in total. The van der Waals surface area contributed by atoms with Crippen LogP contribution in [0.4, 0.5) is 0 Å². The van der Waals surface area contributed by atoms with E-state index >= 15 is 0 Å². The first-order chi connectivity index (χ1) is 7.44. The first-order valence-electron chi connectivity index (χ1n) is 5.44. The maximum absolute atomic E-state index is 10.8. The van der Waals surface area contributed by atoms with Gasteiger partial charge in [0.2, 0.25) is 0 Å². The van der Waals surface area contributed by atoms with Gasteiger partial charge in [0.25, 0.3) is 0 Å². The van der Waals surface area contributed by atoms with Crippen LogP contribution < -0.4 is 0 Å². The molecule has 88 valence electrons. The lowest BCUT2D eigenvalue weighted by atomic mass is 9.83. The minimum absolute atomic E-state index is 0.240. The van der Waals surface area contributed by atoms with Crippen molar-refractivity contribution in [2.24, 2.45) is 5.92 Å². The molecule has 0 fully saturated rings. The molecular weight excluding hydrogens is 204 g/mol. The van der Waals surface area contributed by atoms with E-state index < -0.39 is 11.6 Å². The summed E-state index contributed by atoms with van der Waals surface area (Å²) >= 11 is 0. The zero-order chi connectivity index (χ0) is 12.2. The topological polar surface area (TPSA) is 57.5 Å². The third-order valence-corrected chi connectivity index (χ3v) is 2.50. The number of benzene rings is 1. The summed E-state index contributed by atoms with van der Waals surface area (Å²) in [4.78, 5) is 10.8. The summed E-state index contributed by atoms with van der Waals surface area (Å²) in [5, 5.41) is 19.3. The van der Waals surface area contributed by atoms with Crippen molar-refractivity contribution in [1.82, 2.24) is 0 Å². The van der Waals surface area contributed by atoms with Crippen molar-refractivity contribution in [3.05, 3.63) is 35.9 Å². The van der Waals surface area contributed by atoms with Crippen LogP contribution in [0.5, 0.6) is 0 Å². The molecule has 0 aliphatic heterocycles. The Balaban J connectivity index is 2.99. The Morgan fingerprint density at radius 2 is 1.88 bits per heavy atom. The zero-order valence-corrected chi connectivity index (χ0v) is 9.68.